The summed E-state index contributed by atoms with van der Waals surface area (Å²) in [5.74, 6) is -0.398. The number of nitrogens with two attached hydrogens (primary N) is 1. The van der Waals surface area contributed by atoms with E-state index in [0.29, 0.717) is 12.5 Å². The van der Waals surface area contributed by atoms with Crippen molar-refractivity contribution >= 4 is 0 Å². The molecular weight excluding hydrogens is 262 g/mol. The lowest BCUT2D eigenvalue weighted by Gasteiger charge is -2.37. The van der Waals surface area contributed by atoms with Crippen LogP contribution in [0, 0.1) is 17.6 Å². The van der Waals surface area contributed by atoms with Crippen LogP contribution in [0.5, 0.6) is 0 Å². The number of likely N-dealkylation sites (tertiary alicyclic amines) is 1. The van der Waals surface area contributed by atoms with Gasteiger partial charge in [0.05, 0.1) is 6.10 Å². The zero-order valence-electron chi connectivity index (χ0n) is 12.0. The first kappa shape index (κ1) is 15.4. The van der Waals surface area contributed by atoms with Crippen LogP contribution in [0.4, 0.5) is 8.78 Å². The average Bonchev–Trinajstić information content (AvgIpc) is 2.43. The molecule has 0 radical (unpaired) electrons. The maximum atomic E-state index is 13.7. The summed E-state index contributed by atoms with van der Waals surface area (Å²) in [5, 5.41) is 0. The van der Waals surface area contributed by atoms with E-state index in [-0.39, 0.29) is 11.7 Å². The van der Waals surface area contributed by atoms with E-state index in [9.17, 15) is 8.78 Å². The highest BCUT2D eigenvalue weighted by Gasteiger charge is 2.27. The molecule has 3 atom stereocenters. The van der Waals surface area contributed by atoms with Crippen molar-refractivity contribution in [3.63, 3.8) is 0 Å². The minimum atomic E-state index is -0.531. The second kappa shape index (κ2) is 6.61. The molecule has 1 aliphatic heterocycles. The molecule has 0 spiro atoms. The molecule has 112 valence electrons. The SMILES string of the molecule is COC1CN(CC(N)c2cc(F)ccc2F)CCC1C. The van der Waals surface area contributed by atoms with Crippen LogP contribution in [-0.4, -0.2) is 37.7 Å². The third-order valence-electron chi connectivity index (χ3n) is 4.09. The summed E-state index contributed by atoms with van der Waals surface area (Å²) in [6, 6.07) is 2.88. The first-order valence-electron chi connectivity index (χ1n) is 6.97. The quantitative estimate of drug-likeness (QED) is 0.922. The van der Waals surface area contributed by atoms with Crippen LogP contribution in [0.25, 0.3) is 0 Å². The van der Waals surface area contributed by atoms with E-state index in [1.165, 1.54) is 6.07 Å². The molecule has 0 amide bonds. The second-order valence-corrected chi connectivity index (χ2v) is 5.57. The van der Waals surface area contributed by atoms with Gasteiger partial charge in [-0.25, -0.2) is 8.78 Å². The average molecular weight is 284 g/mol. The molecule has 5 heteroatoms. The fourth-order valence-electron chi connectivity index (χ4n) is 2.75. The molecule has 1 aromatic carbocycles. The molecule has 1 saturated heterocycles. The van der Waals surface area contributed by atoms with Gasteiger partial charge in [-0.3, -0.25) is 4.90 Å². The molecule has 1 fully saturated rings. The zero-order valence-corrected chi connectivity index (χ0v) is 12.0. The largest absolute Gasteiger partial charge is 0.380 e. The number of ether oxygens (including phenoxy) is 1. The minimum Gasteiger partial charge on any atom is -0.380 e. The molecule has 3 unspecified atom stereocenters. The Hall–Kier alpha value is -1.04. The Morgan fingerprint density at radius 3 is 2.90 bits per heavy atom. The number of hydrogen-bond acceptors (Lipinski definition) is 3. The van der Waals surface area contributed by atoms with Gasteiger partial charge in [0, 0.05) is 31.8 Å². The zero-order chi connectivity index (χ0) is 14.7. The number of hydrogen-bond donors (Lipinski definition) is 1. The Morgan fingerprint density at radius 2 is 2.20 bits per heavy atom. The number of methoxy groups -OCH3 is 1. The molecule has 1 aliphatic rings. The third-order valence-corrected chi connectivity index (χ3v) is 4.09. The highest BCUT2D eigenvalue weighted by Crippen LogP contribution is 2.23. The molecule has 20 heavy (non-hydrogen) atoms. The van der Waals surface area contributed by atoms with Gasteiger partial charge in [-0.1, -0.05) is 6.92 Å². The summed E-state index contributed by atoms with van der Waals surface area (Å²) in [5.41, 5.74) is 6.26. The third kappa shape index (κ3) is 3.53. The van der Waals surface area contributed by atoms with Gasteiger partial charge >= 0.3 is 0 Å². The number of halogens is 2. The molecule has 1 aromatic rings. The highest BCUT2D eigenvalue weighted by atomic mass is 19.1. The van der Waals surface area contributed by atoms with E-state index in [2.05, 4.69) is 11.8 Å². The lowest BCUT2D eigenvalue weighted by atomic mass is 9.95. The predicted octanol–water partition coefficient (Wildman–Crippen LogP) is 2.32. The Labute approximate surface area is 118 Å². The maximum Gasteiger partial charge on any atom is 0.128 e. The number of nitrogens with zero attached hydrogens (tertiary/aromatic N) is 1. The normalized spacial score (nSPS) is 25.6. The Kier molecular flexibility index (Phi) is 5.07. The minimum absolute atomic E-state index is 0.174. The standard InChI is InChI=1S/C15H22F2N2O/c1-10-5-6-19(9-15(10)20-2)8-14(18)12-7-11(16)3-4-13(12)17/h3-4,7,10,14-15H,5-6,8-9,18H2,1-2H3. The van der Waals surface area contributed by atoms with Crippen molar-refractivity contribution in [2.45, 2.75) is 25.5 Å². The number of benzene rings is 1. The topological polar surface area (TPSA) is 38.5 Å². The van der Waals surface area contributed by atoms with E-state index in [4.69, 9.17) is 10.5 Å². The van der Waals surface area contributed by atoms with Gasteiger partial charge in [0.1, 0.15) is 11.6 Å². The number of piperidine rings is 1. The van der Waals surface area contributed by atoms with Crippen molar-refractivity contribution in [2.24, 2.45) is 11.7 Å². The van der Waals surface area contributed by atoms with E-state index >= 15 is 0 Å². The van der Waals surface area contributed by atoms with Crippen LogP contribution < -0.4 is 5.73 Å². The van der Waals surface area contributed by atoms with Gasteiger partial charge in [0.15, 0.2) is 0 Å². The van der Waals surface area contributed by atoms with E-state index in [0.717, 1.165) is 31.6 Å². The van der Waals surface area contributed by atoms with E-state index in [1.54, 1.807) is 7.11 Å². The van der Waals surface area contributed by atoms with Gasteiger partial charge in [-0.15, -0.1) is 0 Å². The van der Waals surface area contributed by atoms with Crippen LogP contribution in [0.1, 0.15) is 24.9 Å². The Morgan fingerprint density at radius 1 is 1.45 bits per heavy atom. The highest BCUT2D eigenvalue weighted by molar-refractivity contribution is 5.22. The maximum absolute atomic E-state index is 13.7. The fourth-order valence-corrected chi connectivity index (χ4v) is 2.75. The van der Waals surface area contributed by atoms with Gasteiger partial charge < -0.3 is 10.5 Å². The monoisotopic (exact) mass is 284 g/mol. The fraction of sp³-hybridized carbons (Fsp3) is 0.600. The molecule has 2 rings (SSSR count). The van der Waals surface area contributed by atoms with Crippen molar-refractivity contribution < 1.29 is 13.5 Å². The van der Waals surface area contributed by atoms with Crippen molar-refractivity contribution in [1.29, 1.82) is 0 Å². The molecule has 0 saturated carbocycles. The van der Waals surface area contributed by atoms with Crippen LogP contribution in [0.15, 0.2) is 18.2 Å². The molecule has 3 nitrogen and oxygen atoms in total. The van der Waals surface area contributed by atoms with Gasteiger partial charge in [-0.2, -0.15) is 0 Å². The predicted molar refractivity (Wildman–Crippen MR) is 74.3 cm³/mol. The van der Waals surface area contributed by atoms with Crippen LogP contribution in [0.2, 0.25) is 0 Å². The van der Waals surface area contributed by atoms with Crippen LogP contribution in [0.3, 0.4) is 0 Å². The second-order valence-electron chi connectivity index (χ2n) is 5.57. The molecule has 0 aromatic heterocycles. The summed E-state index contributed by atoms with van der Waals surface area (Å²) in [4.78, 5) is 2.16. The molecule has 1 heterocycles. The lowest BCUT2D eigenvalue weighted by Crippen LogP contribution is -2.46. The van der Waals surface area contributed by atoms with Crippen molar-refractivity contribution in [3.05, 3.63) is 35.4 Å². The molecule has 2 N–H and O–H groups in total. The molecule has 0 aliphatic carbocycles. The van der Waals surface area contributed by atoms with Crippen LogP contribution >= 0.6 is 0 Å². The molecular formula is C15H22F2N2O. The summed E-state index contributed by atoms with van der Waals surface area (Å²) in [7, 11) is 1.71. The summed E-state index contributed by atoms with van der Waals surface area (Å²) in [6.45, 7) is 4.36. The smallest absolute Gasteiger partial charge is 0.128 e. The van der Waals surface area contributed by atoms with Crippen molar-refractivity contribution in [2.75, 3.05) is 26.7 Å². The Balaban J connectivity index is 2.01. The van der Waals surface area contributed by atoms with Crippen molar-refractivity contribution in [3.8, 4) is 0 Å². The van der Waals surface area contributed by atoms with E-state index < -0.39 is 17.7 Å². The first-order chi connectivity index (χ1) is 9.51. The lowest BCUT2D eigenvalue weighted by molar-refractivity contribution is -0.00652. The van der Waals surface area contributed by atoms with Gasteiger partial charge in [-0.05, 0) is 37.1 Å². The van der Waals surface area contributed by atoms with Crippen molar-refractivity contribution in [1.82, 2.24) is 4.90 Å². The summed E-state index contributed by atoms with van der Waals surface area (Å²) in [6.07, 6.45) is 1.20. The number of rotatable bonds is 4. The van der Waals surface area contributed by atoms with Gasteiger partial charge in [0.2, 0.25) is 0 Å². The summed E-state index contributed by atoms with van der Waals surface area (Å²) >= 11 is 0. The summed E-state index contributed by atoms with van der Waals surface area (Å²) < 4.78 is 32.3. The Bertz CT molecular complexity index is 455. The van der Waals surface area contributed by atoms with Gasteiger partial charge in [0.25, 0.3) is 0 Å². The molecule has 0 bridgehead atoms. The van der Waals surface area contributed by atoms with E-state index in [1.807, 2.05) is 0 Å². The first-order valence-corrected chi connectivity index (χ1v) is 6.97. The van der Waals surface area contributed by atoms with Crippen LogP contribution in [-0.2, 0) is 4.74 Å².